The van der Waals surface area contributed by atoms with E-state index < -0.39 is 5.79 Å². The van der Waals surface area contributed by atoms with Crippen molar-refractivity contribution < 1.29 is 14.3 Å². The predicted molar refractivity (Wildman–Crippen MR) is 126 cm³/mol. The molecule has 1 amide bonds. The number of amides is 1. The molecule has 0 aliphatic carbocycles. The zero-order valence-electron chi connectivity index (χ0n) is 18.4. The molecule has 3 heterocycles. The van der Waals surface area contributed by atoms with Gasteiger partial charge in [-0.2, -0.15) is 0 Å². The fourth-order valence-corrected chi connectivity index (χ4v) is 5.33. The summed E-state index contributed by atoms with van der Waals surface area (Å²) in [4.78, 5) is 15.4. The van der Waals surface area contributed by atoms with Gasteiger partial charge in [0.1, 0.15) is 0 Å². The molecule has 3 aromatic rings. The van der Waals surface area contributed by atoms with E-state index in [1.165, 1.54) is 16.5 Å². The van der Waals surface area contributed by atoms with Gasteiger partial charge in [0.2, 0.25) is 5.91 Å². The molecule has 32 heavy (non-hydrogen) atoms. The number of piperidine rings is 1. The Balaban J connectivity index is 1.45. The summed E-state index contributed by atoms with van der Waals surface area (Å²) in [6.07, 6.45) is 4.08. The Morgan fingerprint density at radius 1 is 1.09 bits per heavy atom. The molecular weight excluding hydrogens is 424 g/mol. The van der Waals surface area contributed by atoms with Crippen molar-refractivity contribution >= 4 is 28.4 Å². The average molecular weight is 453 g/mol. The van der Waals surface area contributed by atoms with E-state index >= 15 is 0 Å². The average Bonchev–Trinajstić information content (AvgIpc) is 3.42. The number of ether oxygens (including phenoxy) is 2. The number of benzene rings is 2. The molecule has 1 atom stereocenters. The van der Waals surface area contributed by atoms with E-state index in [9.17, 15) is 4.79 Å². The maximum absolute atomic E-state index is 13.5. The summed E-state index contributed by atoms with van der Waals surface area (Å²) >= 11 is 6.35. The zero-order chi connectivity index (χ0) is 22.1. The molecule has 168 valence electrons. The van der Waals surface area contributed by atoms with E-state index in [0.717, 1.165) is 24.9 Å². The van der Waals surface area contributed by atoms with E-state index in [0.29, 0.717) is 37.7 Å². The van der Waals surface area contributed by atoms with Crippen LogP contribution in [0.25, 0.3) is 10.9 Å². The number of rotatable bonds is 5. The highest BCUT2D eigenvalue weighted by Crippen LogP contribution is 2.37. The lowest BCUT2D eigenvalue weighted by atomic mass is 9.87. The van der Waals surface area contributed by atoms with E-state index in [2.05, 4.69) is 48.0 Å². The molecule has 2 saturated heterocycles. The fourth-order valence-electron chi connectivity index (χ4n) is 5.13. The van der Waals surface area contributed by atoms with Gasteiger partial charge in [0.05, 0.1) is 13.2 Å². The molecule has 0 bridgehead atoms. The Hall–Kier alpha value is -2.34. The second-order valence-corrected chi connectivity index (χ2v) is 9.12. The Kier molecular flexibility index (Phi) is 5.97. The van der Waals surface area contributed by atoms with Crippen LogP contribution >= 0.6 is 11.6 Å². The molecule has 5 rings (SSSR count). The van der Waals surface area contributed by atoms with Crippen molar-refractivity contribution in [3.05, 3.63) is 70.9 Å². The number of aromatic nitrogens is 1. The monoisotopic (exact) mass is 452 g/mol. The highest BCUT2D eigenvalue weighted by molar-refractivity contribution is 6.30. The van der Waals surface area contributed by atoms with E-state index in [4.69, 9.17) is 21.1 Å². The van der Waals surface area contributed by atoms with Crippen LogP contribution in [0.4, 0.5) is 0 Å². The molecule has 2 aliphatic heterocycles. The lowest BCUT2D eigenvalue weighted by molar-refractivity contribution is -0.187. The molecule has 0 radical (unpaired) electrons. The molecule has 5 nitrogen and oxygen atoms in total. The minimum absolute atomic E-state index is 0.0613. The van der Waals surface area contributed by atoms with E-state index in [1.807, 2.05) is 23.1 Å². The Morgan fingerprint density at radius 3 is 2.56 bits per heavy atom. The minimum Gasteiger partial charge on any atom is -0.347 e. The molecule has 1 unspecified atom stereocenters. The smallest absolute Gasteiger partial charge is 0.223 e. The first-order chi connectivity index (χ1) is 15.6. The summed E-state index contributed by atoms with van der Waals surface area (Å²) in [5.74, 6) is -0.373. The number of carbonyl (C=O) groups is 1. The van der Waals surface area contributed by atoms with Gasteiger partial charge in [-0.05, 0) is 36.2 Å². The largest absolute Gasteiger partial charge is 0.347 e. The molecular formula is C26H29ClN2O3. The number of para-hydroxylation sites is 1. The number of fused-ring (bicyclic) bond motifs is 1. The number of carbonyl (C=O) groups excluding carboxylic acids is 1. The van der Waals surface area contributed by atoms with Crippen molar-refractivity contribution in [2.45, 2.75) is 44.4 Å². The van der Waals surface area contributed by atoms with Crippen LogP contribution in [-0.2, 0) is 20.8 Å². The summed E-state index contributed by atoms with van der Waals surface area (Å²) in [6, 6.07) is 16.3. The summed E-state index contributed by atoms with van der Waals surface area (Å²) in [5.41, 5.74) is 3.44. The van der Waals surface area contributed by atoms with Gasteiger partial charge in [0.15, 0.2) is 5.79 Å². The topological polar surface area (TPSA) is 43.7 Å². The highest BCUT2D eigenvalue weighted by atomic mass is 35.5. The van der Waals surface area contributed by atoms with Gasteiger partial charge in [-0.15, -0.1) is 0 Å². The summed E-state index contributed by atoms with van der Waals surface area (Å²) in [7, 11) is 0. The van der Waals surface area contributed by atoms with Crippen molar-refractivity contribution in [3.63, 3.8) is 0 Å². The maximum atomic E-state index is 13.5. The number of halogens is 1. The van der Waals surface area contributed by atoms with Gasteiger partial charge in [-0.25, -0.2) is 0 Å². The zero-order valence-corrected chi connectivity index (χ0v) is 19.2. The molecule has 2 aliphatic rings. The molecule has 6 heteroatoms. The normalized spacial score (nSPS) is 19.0. The van der Waals surface area contributed by atoms with Crippen LogP contribution in [0.2, 0.25) is 5.02 Å². The molecule has 1 spiro atoms. The van der Waals surface area contributed by atoms with Crippen LogP contribution in [0.5, 0.6) is 0 Å². The Morgan fingerprint density at radius 2 is 1.84 bits per heavy atom. The van der Waals surface area contributed by atoms with Crippen LogP contribution in [0.3, 0.4) is 0 Å². The molecule has 2 aromatic carbocycles. The number of hydrogen-bond donors (Lipinski definition) is 0. The summed E-state index contributed by atoms with van der Waals surface area (Å²) < 4.78 is 13.9. The quantitative estimate of drug-likeness (QED) is 0.534. The van der Waals surface area contributed by atoms with Crippen LogP contribution < -0.4 is 0 Å². The Bertz CT molecular complexity index is 1110. The second-order valence-electron chi connectivity index (χ2n) is 8.69. The van der Waals surface area contributed by atoms with Gasteiger partial charge in [-0.3, -0.25) is 4.79 Å². The number of likely N-dealkylation sites (tertiary alicyclic amines) is 1. The SMILES string of the molecule is CCn1cc(C(CC(=O)N2CCC3(CC2)OCCO3)c2cccc(Cl)c2)c2ccccc21. The van der Waals surface area contributed by atoms with E-state index in [1.54, 1.807) is 0 Å². The van der Waals surface area contributed by atoms with Crippen LogP contribution in [0.15, 0.2) is 54.7 Å². The standard InChI is InChI=1S/C26H29ClN2O3/c1-2-28-18-23(21-8-3-4-9-24(21)28)22(19-6-5-7-20(27)16-19)17-25(30)29-12-10-26(11-13-29)31-14-15-32-26/h3-9,16,18,22H,2,10-15,17H2,1H3. The summed E-state index contributed by atoms with van der Waals surface area (Å²) in [5, 5.41) is 1.88. The van der Waals surface area contributed by atoms with Gasteiger partial charge >= 0.3 is 0 Å². The maximum Gasteiger partial charge on any atom is 0.223 e. The van der Waals surface area contributed by atoms with Crippen LogP contribution in [0.1, 0.15) is 43.2 Å². The first-order valence-electron chi connectivity index (χ1n) is 11.5. The number of hydrogen-bond acceptors (Lipinski definition) is 3. The van der Waals surface area contributed by atoms with Crippen molar-refractivity contribution in [2.75, 3.05) is 26.3 Å². The number of nitrogens with zero attached hydrogens (tertiary/aromatic N) is 2. The Labute approximate surface area is 193 Å². The van der Waals surface area contributed by atoms with Gasteiger partial charge in [0, 0.05) is 66.9 Å². The van der Waals surface area contributed by atoms with Gasteiger partial charge in [0.25, 0.3) is 0 Å². The van der Waals surface area contributed by atoms with Crippen molar-refractivity contribution in [1.82, 2.24) is 9.47 Å². The van der Waals surface area contributed by atoms with Gasteiger partial charge < -0.3 is 18.9 Å². The lowest BCUT2D eigenvalue weighted by Crippen LogP contribution is -2.47. The van der Waals surface area contributed by atoms with Gasteiger partial charge in [-0.1, -0.05) is 41.9 Å². The third kappa shape index (κ3) is 4.05. The van der Waals surface area contributed by atoms with Crippen LogP contribution in [0, 0.1) is 0 Å². The third-order valence-corrected chi connectivity index (χ3v) is 7.09. The van der Waals surface area contributed by atoms with E-state index in [-0.39, 0.29) is 11.8 Å². The number of aryl methyl sites for hydroxylation is 1. The fraction of sp³-hybridized carbons (Fsp3) is 0.423. The minimum atomic E-state index is -0.475. The first kappa shape index (κ1) is 21.5. The van der Waals surface area contributed by atoms with Crippen LogP contribution in [-0.4, -0.2) is 47.5 Å². The summed E-state index contributed by atoms with van der Waals surface area (Å²) in [6.45, 7) is 5.64. The van der Waals surface area contributed by atoms with Crippen molar-refractivity contribution in [3.8, 4) is 0 Å². The second kappa shape index (κ2) is 8.89. The predicted octanol–water partition coefficient (Wildman–Crippen LogP) is 5.20. The lowest BCUT2D eigenvalue weighted by Gasteiger charge is -2.38. The molecule has 0 N–H and O–H groups in total. The third-order valence-electron chi connectivity index (χ3n) is 6.86. The van der Waals surface area contributed by atoms with Crippen molar-refractivity contribution in [1.29, 1.82) is 0 Å². The molecule has 0 saturated carbocycles. The molecule has 2 fully saturated rings. The van der Waals surface area contributed by atoms with Crippen molar-refractivity contribution in [2.24, 2.45) is 0 Å². The molecule has 1 aromatic heterocycles. The first-order valence-corrected chi connectivity index (χ1v) is 11.9. The highest BCUT2D eigenvalue weighted by Gasteiger charge is 2.41.